The van der Waals surface area contributed by atoms with E-state index in [1.54, 1.807) is 32.9 Å². The number of carbonyl (C=O) groups is 1. The van der Waals surface area contributed by atoms with Crippen LogP contribution in [0.25, 0.3) is 0 Å². The van der Waals surface area contributed by atoms with Gasteiger partial charge in [0.2, 0.25) is 0 Å². The lowest BCUT2D eigenvalue weighted by Crippen LogP contribution is -2.27. The lowest BCUT2D eigenvalue weighted by Gasteiger charge is -2.19. The topological polar surface area (TPSA) is 87.0 Å². The summed E-state index contributed by atoms with van der Waals surface area (Å²) in [7, 11) is 0. The van der Waals surface area contributed by atoms with Gasteiger partial charge in [0.1, 0.15) is 5.60 Å². The van der Waals surface area contributed by atoms with Crippen molar-refractivity contribution in [1.29, 1.82) is 0 Å². The van der Waals surface area contributed by atoms with Crippen LogP contribution >= 0.6 is 12.2 Å². The van der Waals surface area contributed by atoms with Crippen LogP contribution in [0.2, 0.25) is 0 Å². The quantitative estimate of drug-likeness (QED) is 0.752. The first kappa shape index (κ1) is 17.0. The Bertz CT molecular complexity index is 773. The van der Waals surface area contributed by atoms with Crippen molar-refractivity contribution in [2.24, 2.45) is 0 Å². The summed E-state index contributed by atoms with van der Waals surface area (Å²) in [4.78, 5) is 28.5. The second-order valence-corrected chi connectivity index (χ2v) is 6.52. The van der Waals surface area contributed by atoms with E-state index in [-0.39, 0.29) is 5.56 Å². The minimum absolute atomic E-state index is 0.230. The summed E-state index contributed by atoms with van der Waals surface area (Å²) in [5.74, 6) is 0. The van der Waals surface area contributed by atoms with Crippen molar-refractivity contribution in [3.63, 3.8) is 0 Å². The Morgan fingerprint density at radius 2 is 1.87 bits per heavy atom. The van der Waals surface area contributed by atoms with E-state index >= 15 is 0 Å². The van der Waals surface area contributed by atoms with Gasteiger partial charge in [0.15, 0.2) is 4.77 Å². The zero-order chi connectivity index (χ0) is 17.0. The molecule has 0 saturated heterocycles. The van der Waals surface area contributed by atoms with Crippen LogP contribution in [0, 0.1) is 4.77 Å². The largest absolute Gasteiger partial charge is 0.444 e. The molecule has 2 aromatic rings. The zero-order valence-electron chi connectivity index (χ0n) is 13.2. The van der Waals surface area contributed by atoms with Crippen LogP contribution in [-0.2, 0) is 11.2 Å². The number of carbonyl (C=O) groups excluding carboxylic acids is 1. The Morgan fingerprint density at radius 1 is 1.22 bits per heavy atom. The molecule has 7 heteroatoms. The molecular weight excluding hydrogens is 314 g/mol. The van der Waals surface area contributed by atoms with Gasteiger partial charge >= 0.3 is 6.09 Å². The van der Waals surface area contributed by atoms with Gasteiger partial charge in [-0.3, -0.25) is 15.1 Å². The number of rotatable bonds is 3. The molecule has 0 unspecified atom stereocenters. The third kappa shape index (κ3) is 5.71. The van der Waals surface area contributed by atoms with Crippen LogP contribution in [-0.4, -0.2) is 21.7 Å². The number of hydrogen-bond donors (Lipinski definition) is 3. The molecule has 0 saturated carbocycles. The van der Waals surface area contributed by atoms with E-state index in [9.17, 15) is 9.59 Å². The molecule has 23 heavy (non-hydrogen) atoms. The summed E-state index contributed by atoms with van der Waals surface area (Å²) in [5.41, 5.74) is 1.58. The van der Waals surface area contributed by atoms with E-state index < -0.39 is 11.7 Å². The highest BCUT2D eigenvalue weighted by molar-refractivity contribution is 7.71. The number of aromatic nitrogens is 2. The van der Waals surface area contributed by atoms with Gasteiger partial charge < -0.3 is 9.72 Å². The normalized spacial score (nSPS) is 11.1. The number of H-pyrrole nitrogens is 2. The molecule has 0 bridgehead atoms. The van der Waals surface area contributed by atoms with E-state index in [2.05, 4.69) is 15.3 Å². The minimum Gasteiger partial charge on any atom is -0.444 e. The van der Waals surface area contributed by atoms with Gasteiger partial charge in [-0.2, -0.15) is 0 Å². The van der Waals surface area contributed by atoms with Crippen LogP contribution in [0.3, 0.4) is 0 Å². The summed E-state index contributed by atoms with van der Waals surface area (Å²) in [6.45, 7) is 5.42. The average molecular weight is 333 g/mol. The molecule has 2 rings (SSSR count). The van der Waals surface area contributed by atoms with Gasteiger partial charge in [0.25, 0.3) is 5.56 Å². The lowest BCUT2D eigenvalue weighted by atomic mass is 10.1. The SMILES string of the molecule is CC(C)(C)OC(=O)Nc1ccc(Cc2cc(=O)[nH]c(=S)[nH]2)cc1. The van der Waals surface area contributed by atoms with E-state index in [4.69, 9.17) is 17.0 Å². The van der Waals surface area contributed by atoms with Crippen molar-refractivity contribution in [3.05, 3.63) is 56.7 Å². The standard InChI is InChI=1S/C16H19N3O3S/c1-16(2,3)22-15(21)18-11-6-4-10(5-7-11)8-12-9-13(20)19-14(23)17-12/h4-7,9H,8H2,1-3H3,(H,18,21)(H2,17,19,20,23). The van der Waals surface area contributed by atoms with E-state index in [1.165, 1.54) is 6.07 Å². The Hall–Kier alpha value is -2.41. The Labute approximate surface area is 138 Å². The number of amides is 1. The molecule has 1 heterocycles. The second kappa shape index (κ2) is 6.78. The number of hydrogen-bond acceptors (Lipinski definition) is 4. The Morgan fingerprint density at radius 3 is 2.43 bits per heavy atom. The predicted octanol–water partition coefficient (Wildman–Crippen LogP) is 3.37. The molecule has 0 aliphatic rings. The maximum Gasteiger partial charge on any atom is 0.412 e. The number of benzene rings is 1. The lowest BCUT2D eigenvalue weighted by molar-refractivity contribution is 0.0636. The van der Waals surface area contributed by atoms with Crippen molar-refractivity contribution in [2.45, 2.75) is 32.8 Å². The molecule has 3 N–H and O–H groups in total. The average Bonchev–Trinajstić information content (AvgIpc) is 2.37. The highest BCUT2D eigenvalue weighted by Gasteiger charge is 2.16. The maximum atomic E-state index is 11.7. The van der Waals surface area contributed by atoms with E-state index in [0.717, 1.165) is 11.3 Å². The van der Waals surface area contributed by atoms with Crippen LogP contribution < -0.4 is 10.9 Å². The van der Waals surface area contributed by atoms with E-state index in [1.807, 2.05) is 12.1 Å². The van der Waals surface area contributed by atoms with Gasteiger partial charge in [-0.25, -0.2) is 4.79 Å². The summed E-state index contributed by atoms with van der Waals surface area (Å²) in [5, 5.41) is 2.67. The molecule has 0 fully saturated rings. The summed E-state index contributed by atoms with van der Waals surface area (Å²) in [6.07, 6.45) is 0.0456. The third-order valence-corrected chi connectivity index (χ3v) is 3.01. The van der Waals surface area contributed by atoms with Gasteiger partial charge in [-0.1, -0.05) is 12.1 Å². The summed E-state index contributed by atoms with van der Waals surface area (Å²) in [6, 6.07) is 8.76. The molecule has 1 amide bonds. The molecule has 0 aliphatic heterocycles. The first-order chi connectivity index (χ1) is 10.7. The number of ether oxygens (including phenoxy) is 1. The molecule has 0 spiro atoms. The molecule has 0 radical (unpaired) electrons. The van der Waals surface area contributed by atoms with Crippen LogP contribution in [0.1, 0.15) is 32.0 Å². The Kier molecular flexibility index (Phi) is 5.00. The highest BCUT2D eigenvalue weighted by atomic mass is 32.1. The van der Waals surface area contributed by atoms with Gasteiger partial charge in [-0.05, 0) is 50.7 Å². The molecule has 122 valence electrons. The first-order valence-corrected chi connectivity index (χ1v) is 7.53. The van der Waals surface area contributed by atoms with Crippen LogP contribution in [0.5, 0.6) is 0 Å². The summed E-state index contributed by atoms with van der Waals surface area (Å²) < 4.78 is 5.49. The molecular formula is C16H19N3O3S. The Balaban J connectivity index is 2.03. The predicted molar refractivity (Wildman–Crippen MR) is 91.4 cm³/mol. The van der Waals surface area contributed by atoms with Gasteiger partial charge in [-0.15, -0.1) is 0 Å². The van der Waals surface area contributed by atoms with Gasteiger partial charge in [0.05, 0.1) is 0 Å². The third-order valence-electron chi connectivity index (χ3n) is 2.81. The molecule has 0 atom stereocenters. The van der Waals surface area contributed by atoms with E-state index in [0.29, 0.717) is 16.9 Å². The fourth-order valence-electron chi connectivity index (χ4n) is 1.96. The first-order valence-electron chi connectivity index (χ1n) is 7.13. The zero-order valence-corrected chi connectivity index (χ0v) is 14.0. The molecule has 0 aliphatic carbocycles. The molecule has 1 aromatic heterocycles. The maximum absolute atomic E-state index is 11.7. The van der Waals surface area contributed by atoms with Crippen molar-refractivity contribution in [3.8, 4) is 0 Å². The van der Waals surface area contributed by atoms with Crippen molar-refractivity contribution >= 4 is 24.0 Å². The fraction of sp³-hybridized carbons (Fsp3) is 0.312. The monoisotopic (exact) mass is 333 g/mol. The van der Waals surface area contributed by atoms with Gasteiger partial charge in [0, 0.05) is 23.9 Å². The van der Waals surface area contributed by atoms with Crippen molar-refractivity contribution in [1.82, 2.24) is 9.97 Å². The van der Waals surface area contributed by atoms with Crippen LogP contribution in [0.4, 0.5) is 10.5 Å². The molecule has 1 aromatic carbocycles. The minimum atomic E-state index is -0.540. The summed E-state index contributed by atoms with van der Waals surface area (Å²) >= 11 is 4.94. The fourth-order valence-corrected chi connectivity index (χ4v) is 2.19. The number of anilines is 1. The number of nitrogens with one attached hydrogen (secondary N) is 3. The smallest absolute Gasteiger partial charge is 0.412 e. The second-order valence-electron chi connectivity index (χ2n) is 6.11. The van der Waals surface area contributed by atoms with Crippen molar-refractivity contribution < 1.29 is 9.53 Å². The van der Waals surface area contributed by atoms with Crippen molar-refractivity contribution in [2.75, 3.05) is 5.32 Å². The molecule has 6 nitrogen and oxygen atoms in total. The number of aromatic amines is 2. The van der Waals surface area contributed by atoms with Crippen LogP contribution in [0.15, 0.2) is 35.1 Å². The highest BCUT2D eigenvalue weighted by Crippen LogP contribution is 2.14.